The molecule has 3 nitrogen and oxygen atoms in total. The highest BCUT2D eigenvalue weighted by Gasteiger charge is 2.40. The Labute approximate surface area is 103 Å². The quantitative estimate of drug-likeness (QED) is 0.919. The van der Waals surface area contributed by atoms with Gasteiger partial charge < -0.3 is 5.73 Å². The van der Waals surface area contributed by atoms with Gasteiger partial charge in [-0.25, -0.2) is 0 Å². The van der Waals surface area contributed by atoms with E-state index in [-0.39, 0.29) is 5.54 Å². The SMILES string of the molecule is CCn1nc2cc(C3(N)CC3)ccc2c1Br. The normalized spacial score (nSPS) is 17.9. The molecule has 2 N–H and O–H groups in total. The summed E-state index contributed by atoms with van der Waals surface area (Å²) in [6.07, 6.45) is 2.18. The first-order valence-corrected chi connectivity index (χ1v) is 6.39. The van der Waals surface area contributed by atoms with Gasteiger partial charge in [0.25, 0.3) is 0 Å². The maximum atomic E-state index is 6.19. The van der Waals surface area contributed by atoms with Crippen molar-refractivity contribution in [2.45, 2.75) is 31.8 Å². The van der Waals surface area contributed by atoms with Gasteiger partial charge in [-0.15, -0.1) is 0 Å². The van der Waals surface area contributed by atoms with Gasteiger partial charge in [0.2, 0.25) is 0 Å². The average Bonchev–Trinajstić information content (AvgIpc) is 2.96. The summed E-state index contributed by atoms with van der Waals surface area (Å²) in [6, 6.07) is 6.36. The minimum Gasteiger partial charge on any atom is -0.321 e. The highest BCUT2D eigenvalue weighted by Crippen LogP contribution is 2.43. The molecule has 1 aromatic carbocycles. The Bertz CT molecular complexity index is 555. The zero-order chi connectivity index (χ0) is 11.3. The largest absolute Gasteiger partial charge is 0.321 e. The van der Waals surface area contributed by atoms with E-state index in [4.69, 9.17) is 5.73 Å². The Morgan fingerprint density at radius 1 is 1.50 bits per heavy atom. The first-order valence-electron chi connectivity index (χ1n) is 5.59. The summed E-state index contributed by atoms with van der Waals surface area (Å²) < 4.78 is 3.02. The van der Waals surface area contributed by atoms with E-state index in [1.807, 2.05) is 4.68 Å². The van der Waals surface area contributed by atoms with Gasteiger partial charge in [-0.05, 0) is 53.4 Å². The van der Waals surface area contributed by atoms with Crippen molar-refractivity contribution in [3.05, 3.63) is 28.4 Å². The first-order chi connectivity index (χ1) is 7.64. The van der Waals surface area contributed by atoms with Crippen LogP contribution in [0.1, 0.15) is 25.3 Å². The van der Waals surface area contributed by atoms with Crippen LogP contribution in [0, 0.1) is 0 Å². The summed E-state index contributed by atoms with van der Waals surface area (Å²) in [5, 5.41) is 5.71. The van der Waals surface area contributed by atoms with E-state index in [1.165, 1.54) is 5.56 Å². The van der Waals surface area contributed by atoms with Crippen molar-refractivity contribution in [1.82, 2.24) is 9.78 Å². The van der Waals surface area contributed by atoms with Crippen LogP contribution in [0.2, 0.25) is 0 Å². The second kappa shape index (κ2) is 3.31. The van der Waals surface area contributed by atoms with Crippen molar-refractivity contribution in [1.29, 1.82) is 0 Å². The first kappa shape index (κ1) is 10.3. The Hall–Kier alpha value is -0.870. The second-order valence-electron chi connectivity index (χ2n) is 4.49. The third-order valence-electron chi connectivity index (χ3n) is 3.34. The number of aryl methyl sites for hydroxylation is 1. The Morgan fingerprint density at radius 3 is 2.88 bits per heavy atom. The molecule has 0 saturated heterocycles. The maximum absolute atomic E-state index is 6.19. The molecule has 0 atom stereocenters. The number of fused-ring (bicyclic) bond motifs is 1. The molecule has 0 bridgehead atoms. The molecule has 1 aliphatic rings. The molecule has 0 aliphatic heterocycles. The van der Waals surface area contributed by atoms with Crippen LogP contribution in [0.3, 0.4) is 0 Å². The molecular weight excluding hydrogens is 266 g/mol. The zero-order valence-electron chi connectivity index (χ0n) is 9.20. The highest BCUT2D eigenvalue weighted by atomic mass is 79.9. The van der Waals surface area contributed by atoms with Crippen LogP contribution in [0.15, 0.2) is 22.8 Å². The number of hydrogen-bond acceptors (Lipinski definition) is 2. The third-order valence-corrected chi connectivity index (χ3v) is 4.17. The number of benzene rings is 1. The van der Waals surface area contributed by atoms with Crippen molar-refractivity contribution < 1.29 is 0 Å². The minimum atomic E-state index is -0.0728. The molecule has 3 rings (SSSR count). The summed E-state index contributed by atoms with van der Waals surface area (Å²) in [5.41, 5.74) is 8.36. The number of nitrogens with two attached hydrogens (primary N) is 1. The predicted molar refractivity (Wildman–Crippen MR) is 68.2 cm³/mol. The standard InChI is InChI=1S/C12H14BrN3/c1-2-16-11(13)9-4-3-8(7-10(9)15-16)12(14)5-6-12/h3-4,7H,2,5-6,14H2,1H3. The van der Waals surface area contributed by atoms with E-state index >= 15 is 0 Å². The fraction of sp³-hybridized carbons (Fsp3) is 0.417. The average molecular weight is 280 g/mol. The Balaban J connectivity index is 2.18. The minimum absolute atomic E-state index is 0.0728. The van der Waals surface area contributed by atoms with Crippen LogP contribution in [0.25, 0.3) is 10.9 Å². The number of nitrogens with zero attached hydrogens (tertiary/aromatic N) is 2. The van der Waals surface area contributed by atoms with Crippen LogP contribution in [-0.4, -0.2) is 9.78 Å². The monoisotopic (exact) mass is 279 g/mol. The predicted octanol–water partition coefficient (Wildman–Crippen LogP) is 2.77. The van der Waals surface area contributed by atoms with Crippen LogP contribution >= 0.6 is 15.9 Å². The number of aromatic nitrogens is 2. The van der Waals surface area contributed by atoms with E-state index < -0.39 is 0 Å². The summed E-state index contributed by atoms with van der Waals surface area (Å²) in [6.45, 7) is 2.96. The van der Waals surface area contributed by atoms with Gasteiger partial charge in [-0.1, -0.05) is 6.07 Å². The van der Waals surface area contributed by atoms with E-state index in [0.29, 0.717) is 0 Å². The lowest BCUT2D eigenvalue weighted by molar-refractivity contribution is 0.653. The van der Waals surface area contributed by atoms with Gasteiger partial charge in [-0.3, -0.25) is 4.68 Å². The summed E-state index contributed by atoms with van der Waals surface area (Å²) >= 11 is 3.57. The van der Waals surface area contributed by atoms with E-state index in [9.17, 15) is 0 Å². The van der Waals surface area contributed by atoms with Crippen LogP contribution in [0.4, 0.5) is 0 Å². The van der Waals surface area contributed by atoms with Gasteiger partial charge in [0.1, 0.15) is 4.60 Å². The topological polar surface area (TPSA) is 43.8 Å². The Kier molecular flexibility index (Phi) is 2.13. The summed E-state index contributed by atoms with van der Waals surface area (Å²) in [7, 11) is 0. The highest BCUT2D eigenvalue weighted by molar-refractivity contribution is 9.10. The molecule has 0 spiro atoms. The molecular formula is C12H14BrN3. The van der Waals surface area contributed by atoms with Crippen molar-refractivity contribution in [3.63, 3.8) is 0 Å². The smallest absolute Gasteiger partial charge is 0.111 e. The van der Waals surface area contributed by atoms with Gasteiger partial charge >= 0.3 is 0 Å². The lowest BCUT2D eigenvalue weighted by atomic mass is 10.0. The zero-order valence-corrected chi connectivity index (χ0v) is 10.8. The lowest BCUT2D eigenvalue weighted by Crippen LogP contribution is -2.18. The number of hydrogen-bond donors (Lipinski definition) is 1. The molecule has 2 aromatic rings. The van der Waals surface area contributed by atoms with Crippen LogP contribution < -0.4 is 5.73 Å². The van der Waals surface area contributed by atoms with Crippen molar-refractivity contribution in [3.8, 4) is 0 Å². The lowest BCUT2D eigenvalue weighted by Gasteiger charge is -2.07. The molecule has 1 aromatic heterocycles. The van der Waals surface area contributed by atoms with Crippen LogP contribution in [-0.2, 0) is 12.1 Å². The molecule has 16 heavy (non-hydrogen) atoms. The van der Waals surface area contributed by atoms with Gasteiger partial charge in [0.05, 0.1) is 5.52 Å². The fourth-order valence-electron chi connectivity index (χ4n) is 2.04. The van der Waals surface area contributed by atoms with Gasteiger partial charge in [0, 0.05) is 17.5 Å². The number of halogens is 1. The van der Waals surface area contributed by atoms with Crippen LogP contribution in [0.5, 0.6) is 0 Å². The van der Waals surface area contributed by atoms with E-state index in [2.05, 4.69) is 46.2 Å². The molecule has 1 fully saturated rings. The van der Waals surface area contributed by atoms with E-state index in [0.717, 1.165) is 34.9 Å². The molecule has 0 radical (unpaired) electrons. The maximum Gasteiger partial charge on any atom is 0.111 e. The third kappa shape index (κ3) is 1.40. The number of rotatable bonds is 2. The van der Waals surface area contributed by atoms with Gasteiger partial charge in [-0.2, -0.15) is 5.10 Å². The van der Waals surface area contributed by atoms with E-state index in [1.54, 1.807) is 0 Å². The summed E-state index contributed by atoms with van der Waals surface area (Å²) in [5.74, 6) is 0. The van der Waals surface area contributed by atoms with Crippen molar-refractivity contribution in [2.24, 2.45) is 5.73 Å². The Morgan fingerprint density at radius 2 is 2.25 bits per heavy atom. The van der Waals surface area contributed by atoms with Crippen molar-refractivity contribution in [2.75, 3.05) is 0 Å². The molecule has 1 aliphatic carbocycles. The molecule has 4 heteroatoms. The summed E-state index contributed by atoms with van der Waals surface area (Å²) in [4.78, 5) is 0. The molecule has 84 valence electrons. The molecule has 1 heterocycles. The molecule has 0 amide bonds. The van der Waals surface area contributed by atoms with Gasteiger partial charge in [0.15, 0.2) is 0 Å². The molecule has 1 saturated carbocycles. The second-order valence-corrected chi connectivity index (χ2v) is 5.25. The molecule has 0 unspecified atom stereocenters. The fourth-order valence-corrected chi connectivity index (χ4v) is 2.71. The van der Waals surface area contributed by atoms with Crippen molar-refractivity contribution >= 4 is 26.8 Å².